The highest BCUT2D eigenvalue weighted by molar-refractivity contribution is 5.33. The number of nitrogens with zero attached hydrogens (tertiary/aromatic N) is 1. The van der Waals surface area contributed by atoms with Gasteiger partial charge < -0.3 is 14.8 Å². The maximum absolute atomic E-state index is 9.23. The maximum Gasteiger partial charge on any atom is 0.123 e. The highest BCUT2D eigenvalue weighted by Crippen LogP contribution is 2.32. The lowest BCUT2D eigenvalue weighted by Crippen LogP contribution is -2.39. The van der Waals surface area contributed by atoms with Gasteiger partial charge in [0.2, 0.25) is 0 Å². The zero-order valence-electron chi connectivity index (χ0n) is 11.5. The highest BCUT2D eigenvalue weighted by atomic mass is 16.5. The molecule has 0 amide bonds. The van der Waals surface area contributed by atoms with E-state index < -0.39 is 5.54 Å². The smallest absolute Gasteiger partial charge is 0.123 e. The molecule has 102 valence electrons. The third-order valence-corrected chi connectivity index (χ3v) is 3.58. The molecular formula is C15H20N2O2. The number of ether oxygens (including phenoxy) is 2. The summed E-state index contributed by atoms with van der Waals surface area (Å²) in [4.78, 5) is 0. The lowest BCUT2D eigenvalue weighted by Gasteiger charge is -2.20. The summed E-state index contributed by atoms with van der Waals surface area (Å²) in [5.74, 6) is 1.62. The van der Waals surface area contributed by atoms with Crippen molar-refractivity contribution in [3.63, 3.8) is 0 Å². The van der Waals surface area contributed by atoms with Crippen molar-refractivity contribution in [3.05, 3.63) is 24.3 Å². The largest absolute Gasteiger partial charge is 0.494 e. The van der Waals surface area contributed by atoms with E-state index in [-0.39, 0.29) is 6.10 Å². The first-order valence-electron chi connectivity index (χ1n) is 6.71. The molecule has 0 radical (unpaired) electrons. The third-order valence-electron chi connectivity index (χ3n) is 3.58. The van der Waals surface area contributed by atoms with Crippen molar-refractivity contribution < 1.29 is 9.47 Å². The molecule has 19 heavy (non-hydrogen) atoms. The summed E-state index contributed by atoms with van der Waals surface area (Å²) in [6, 6.07) is 10.0. The standard InChI is InChI=1S/C15H20N2O2/c1-3-18-12-5-4-6-13(9-12)19-14-7-8-15(10-14,11-16)17-2/h4-6,9,14,17H,3,7-8,10H2,1-2H3. The van der Waals surface area contributed by atoms with Crippen LogP contribution in [-0.2, 0) is 0 Å². The summed E-state index contributed by atoms with van der Waals surface area (Å²) >= 11 is 0. The normalized spacial score (nSPS) is 25.8. The van der Waals surface area contributed by atoms with Crippen LogP contribution in [0.4, 0.5) is 0 Å². The summed E-state index contributed by atoms with van der Waals surface area (Å²) in [5, 5.41) is 12.3. The Morgan fingerprint density at radius 3 is 2.89 bits per heavy atom. The topological polar surface area (TPSA) is 54.3 Å². The number of benzene rings is 1. The SMILES string of the molecule is CCOc1cccc(OC2CCC(C#N)(NC)C2)c1. The minimum atomic E-state index is -0.428. The fourth-order valence-electron chi connectivity index (χ4n) is 2.48. The third kappa shape index (κ3) is 3.18. The van der Waals surface area contributed by atoms with Crippen LogP contribution in [-0.4, -0.2) is 25.3 Å². The van der Waals surface area contributed by atoms with Crippen LogP contribution in [0.3, 0.4) is 0 Å². The van der Waals surface area contributed by atoms with E-state index in [1.165, 1.54) is 0 Å². The summed E-state index contributed by atoms with van der Waals surface area (Å²) < 4.78 is 11.4. The van der Waals surface area contributed by atoms with Gasteiger partial charge in [-0.2, -0.15) is 5.26 Å². The molecule has 1 fully saturated rings. The minimum Gasteiger partial charge on any atom is -0.494 e. The number of nitriles is 1. The molecular weight excluding hydrogens is 240 g/mol. The van der Waals surface area contributed by atoms with Crippen LogP contribution in [0.5, 0.6) is 11.5 Å². The van der Waals surface area contributed by atoms with Gasteiger partial charge in [0.1, 0.15) is 23.1 Å². The zero-order valence-corrected chi connectivity index (χ0v) is 11.5. The number of nitrogens with one attached hydrogen (secondary N) is 1. The second-order valence-corrected chi connectivity index (χ2v) is 4.83. The van der Waals surface area contributed by atoms with Gasteiger partial charge in [0, 0.05) is 12.5 Å². The first-order valence-corrected chi connectivity index (χ1v) is 6.71. The van der Waals surface area contributed by atoms with Crippen molar-refractivity contribution >= 4 is 0 Å². The second kappa shape index (κ2) is 5.94. The Kier molecular flexibility index (Phi) is 4.28. The Balaban J connectivity index is 1.99. The molecule has 1 aromatic rings. The Hall–Kier alpha value is -1.73. The summed E-state index contributed by atoms with van der Waals surface area (Å²) in [6.45, 7) is 2.60. The predicted octanol–water partition coefficient (Wildman–Crippen LogP) is 2.50. The molecule has 1 aromatic carbocycles. The highest BCUT2D eigenvalue weighted by Gasteiger charge is 2.39. The second-order valence-electron chi connectivity index (χ2n) is 4.83. The summed E-state index contributed by atoms with van der Waals surface area (Å²) in [6.07, 6.45) is 2.53. The lowest BCUT2D eigenvalue weighted by molar-refractivity contribution is 0.201. The lowest BCUT2D eigenvalue weighted by atomic mass is 10.0. The van der Waals surface area contributed by atoms with Crippen molar-refractivity contribution in [1.82, 2.24) is 5.32 Å². The minimum absolute atomic E-state index is 0.0870. The molecule has 4 heteroatoms. The molecule has 2 unspecified atom stereocenters. The van der Waals surface area contributed by atoms with Crippen LogP contribution >= 0.6 is 0 Å². The van der Waals surface area contributed by atoms with Crippen LogP contribution in [0.25, 0.3) is 0 Å². The van der Waals surface area contributed by atoms with E-state index in [2.05, 4.69) is 11.4 Å². The van der Waals surface area contributed by atoms with Gasteiger partial charge in [0.15, 0.2) is 0 Å². The fraction of sp³-hybridized carbons (Fsp3) is 0.533. The summed E-state index contributed by atoms with van der Waals surface area (Å²) in [5.41, 5.74) is -0.428. The Labute approximate surface area is 114 Å². The van der Waals surface area contributed by atoms with Gasteiger partial charge in [-0.3, -0.25) is 0 Å². The predicted molar refractivity (Wildman–Crippen MR) is 73.3 cm³/mol. The van der Waals surface area contributed by atoms with Gasteiger partial charge >= 0.3 is 0 Å². The van der Waals surface area contributed by atoms with E-state index in [0.29, 0.717) is 6.61 Å². The van der Waals surface area contributed by atoms with Crippen LogP contribution in [0.15, 0.2) is 24.3 Å². The van der Waals surface area contributed by atoms with Crippen molar-refractivity contribution in [1.29, 1.82) is 5.26 Å². The maximum atomic E-state index is 9.23. The Bertz CT molecular complexity index is 469. The molecule has 1 aliphatic carbocycles. The van der Waals surface area contributed by atoms with Gasteiger partial charge in [-0.15, -0.1) is 0 Å². The van der Waals surface area contributed by atoms with Crippen LogP contribution in [0.2, 0.25) is 0 Å². The average Bonchev–Trinajstić information content (AvgIpc) is 2.84. The molecule has 4 nitrogen and oxygen atoms in total. The Morgan fingerprint density at radius 2 is 2.26 bits per heavy atom. The summed E-state index contributed by atoms with van der Waals surface area (Å²) in [7, 11) is 1.83. The number of hydrogen-bond donors (Lipinski definition) is 1. The van der Waals surface area contributed by atoms with E-state index in [4.69, 9.17) is 9.47 Å². The van der Waals surface area contributed by atoms with Crippen molar-refractivity contribution in [3.8, 4) is 17.6 Å². The first kappa shape index (κ1) is 13.7. The van der Waals surface area contributed by atoms with Crippen molar-refractivity contribution in [2.75, 3.05) is 13.7 Å². The van der Waals surface area contributed by atoms with Gasteiger partial charge in [0.05, 0.1) is 12.7 Å². The molecule has 1 N–H and O–H groups in total. The van der Waals surface area contributed by atoms with Crippen LogP contribution in [0, 0.1) is 11.3 Å². The molecule has 1 aliphatic rings. The molecule has 2 rings (SSSR count). The van der Waals surface area contributed by atoms with E-state index in [9.17, 15) is 5.26 Å². The molecule has 1 saturated carbocycles. The van der Waals surface area contributed by atoms with Gasteiger partial charge in [-0.1, -0.05) is 6.07 Å². The fourth-order valence-corrected chi connectivity index (χ4v) is 2.48. The molecule has 0 heterocycles. The molecule has 0 aromatic heterocycles. The number of rotatable bonds is 5. The first-order chi connectivity index (χ1) is 9.21. The van der Waals surface area contributed by atoms with Crippen LogP contribution < -0.4 is 14.8 Å². The molecule has 2 atom stereocenters. The van der Waals surface area contributed by atoms with Crippen molar-refractivity contribution in [2.24, 2.45) is 0 Å². The molecule has 0 bridgehead atoms. The number of hydrogen-bond acceptors (Lipinski definition) is 4. The molecule has 0 aliphatic heterocycles. The van der Waals surface area contributed by atoms with Crippen molar-refractivity contribution in [2.45, 2.75) is 37.8 Å². The molecule has 0 spiro atoms. The van der Waals surface area contributed by atoms with E-state index in [1.54, 1.807) is 0 Å². The average molecular weight is 260 g/mol. The molecule has 0 saturated heterocycles. The quantitative estimate of drug-likeness (QED) is 0.883. The Morgan fingerprint density at radius 1 is 1.47 bits per heavy atom. The van der Waals surface area contributed by atoms with Gasteiger partial charge in [0.25, 0.3) is 0 Å². The zero-order chi connectivity index (χ0) is 13.7. The van der Waals surface area contributed by atoms with E-state index in [1.807, 2.05) is 38.2 Å². The van der Waals surface area contributed by atoms with Gasteiger partial charge in [-0.25, -0.2) is 0 Å². The van der Waals surface area contributed by atoms with E-state index in [0.717, 1.165) is 30.8 Å². The van der Waals surface area contributed by atoms with E-state index >= 15 is 0 Å². The van der Waals surface area contributed by atoms with Crippen LogP contribution in [0.1, 0.15) is 26.2 Å². The monoisotopic (exact) mass is 260 g/mol. The van der Waals surface area contributed by atoms with Gasteiger partial charge in [-0.05, 0) is 38.9 Å².